The molecule has 0 spiro atoms. The Kier molecular flexibility index (Phi) is 8.07. The normalized spacial score (nSPS) is 16.9. The average molecular weight is 284 g/mol. The van der Waals surface area contributed by atoms with E-state index in [-0.39, 0.29) is 12.5 Å². The zero-order valence-corrected chi connectivity index (χ0v) is 12.5. The van der Waals surface area contributed by atoms with E-state index in [0.717, 1.165) is 19.4 Å². The summed E-state index contributed by atoms with van der Waals surface area (Å²) in [4.78, 5) is 22.2. The molecule has 0 heterocycles. The van der Waals surface area contributed by atoms with E-state index in [9.17, 15) is 9.59 Å². The van der Waals surface area contributed by atoms with Crippen LogP contribution in [0.3, 0.4) is 0 Å². The molecule has 1 aliphatic rings. The number of carbonyl (C=O) groups excluding carboxylic acids is 1. The van der Waals surface area contributed by atoms with Gasteiger partial charge < -0.3 is 15.7 Å². The number of carbonyl (C=O) groups is 2. The van der Waals surface area contributed by atoms with Crippen LogP contribution in [-0.4, -0.2) is 30.2 Å². The molecule has 0 aromatic rings. The van der Waals surface area contributed by atoms with Gasteiger partial charge in [-0.25, -0.2) is 4.79 Å². The largest absolute Gasteiger partial charge is 0.481 e. The molecule has 0 bridgehead atoms. The Bertz CT molecular complexity index is 301. The van der Waals surface area contributed by atoms with Crippen molar-refractivity contribution in [3.63, 3.8) is 0 Å². The van der Waals surface area contributed by atoms with Gasteiger partial charge in [-0.2, -0.15) is 0 Å². The standard InChI is InChI=1S/C15H28N2O3/c1-2-12(7-8-14(18)19)9-10-16-15(20)17-11-13-5-3-4-6-13/h12-13H,2-11H2,1H3,(H,18,19)(H2,16,17,20). The number of hydrogen-bond acceptors (Lipinski definition) is 2. The molecule has 1 unspecified atom stereocenters. The van der Waals surface area contributed by atoms with E-state index in [0.29, 0.717) is 24.8 Å². The predicted molar refractivity (Wildman–Crippen MR) is 78.6 cm³/mol. The second-order valence-corrected chi connectivity index (χ2v) is 5.78. The van der Waals surface area contributed by atoms with Gasteiger partial charge in [-0.3, -0.25) is 4.79 Å². The van der Waals surface area contributed by atoms with Crippen molar-refractivity contribution in [2.24, 2.45) is 11.8 Å². The van der Waals surface area contributed by atoms with E-state index in [2.05, 4.69) is 17.6 Å². The molecule has 1 aliphatic carbocycles. The zero-order chi connectivity index (χ0) is 14.8. The van der Waals surface area contributed by atoms with Crippen molar-refractivity contribution < 1.29 is 14.7 Å². The third kappa shape index (κ3) is 7.36. The maximum Gasteiger partial charge on any atom is 0.314 e. The van der Waals surface area contributed by atoms with Crippen LogP contribution in [0, 0.1) is 11.8 Å². The first-order chi connectivity index (χ1) is 9.61. The van der Waals surface area contributed by atoms with Crippen molar-refractivity contribution in [2.45, 2.75) is 58.3 Å². The van der Waals surface area contributed by atoms with Gasteiger partial charge in [0.1, 0.15) is 0 Å². The van der Waals surface area contributed by atoms with Crippen molar-refractivity contribution in [2.75, 3.05) is 13.1 Å². The SMILES string of the molecule is CCC(CCNC(=O)NCC1CCCC1)CCC(=O)O. The highest BCUT2D eigenvalue weighted by atomic mass is 16.4. The van der Waals surface area contributed by atoms with E-state index in [1.165, 1.54) is 25.7 Å². The van der Waals surface area contributed by atoms with Crippen LogP contribution in [0.15, 0.2) is 0 Å². The predicted octanol–water partition coefficient (Wildman–Crippen LogP) is 2.76. The topological polar surface area (TPSA) is 78.4 Å². The number of carboxylic acid groups (broad SMARTS) is 1. The molecular weight excluding hydrogens is 256 g/mol. The Morgan fingerprint density at radius 3 is 2.50 bits per heavy atom. The first kappa shape index (κ1) is 16.8. The summed E-state index contributed by atoms with van der Waals surface area (Å²) < 4.78 is 0. The van der Waals surface area contributed by atoms with Gasteiger partial charge in [0.05, 0.1) is 0 Å². The van der Waals surface area contributed by atoms with Gasteiger partial charge >= 0.3 is 12.0 Å². The second-order valence-electron chi connectivity index (χ2n) is 5.78. The third-order valence-electron chi connectivity index (χ3n) is 4.21. The van der Waals surface area contributed by atoms with Gasteiger partial charge in [0.15, 0.2) is 0 Å². The molecule has 1 atom stereocenters. The number of rotatable bonds is 9. The third-order valence-corrected chi connectivity index (χ3v) is 4.21. The summed E-state index contributed by atoms with van der Waals surface area (Å²) in [6.07, 6.45) is 7.75. The highest BCUT2D eigenvalue weighted by molar-refractivity contribution is 5.73. The molecule has 20 heavy (non-hydrogen) atoms. The van der Waals surface area contributed by atoms with Crippen LogP contribution in [-0.2, 0) is 4.79 Å². The molecule has 2 amide bonds. The van der Waals surface area contributed by atoms with E-state index < -0.39 is 5.97 Å². The van der Waals surface area contributed by atoms with Crippen LogP contribution in [0.4, 0.5) is 4.79 Å². The Morgan fingerprint density at radius 1 is 1.20 bits per heavy atom. The summed E-state index contributed by atoms with van der Waals surface area (Å²) in [7, 11) is 0. The summed E-state index contributed by atoms with van der Waals surface area (Å²) in [5.41, 5.74) is 0. The van der Waals surface area contributed by atoms with Gasteiger partial charge in [-0.15, -0.1) is 0 Å². The lowest BCUT2D eigenvalue weighted by Gasteiger charge is -2.15. The summed E-state index contributed by atoms with van der Waals surface area (Å²) in [6.45, 7) is 3.46. The number of nitrogens with one attached hydrogen (secondary N) is 2. The fraction of sp³-hybridized carbons (Fsp3) is 0.867. The van der Waals surface area contributed by atoms with E-state index in [1.54, 1.807) is 0 Å². The Labute approximate surface area is 121 Å². The quantitative estimate of drug-likeness (QED) is 0.609. The van der Waals surface area contributed by atoms with Crippen LogP contribution in [0.1, 0.15) is 58.3 Å². The molecule has 116 valence electrons. The highest BCUT2D eigenvalue weighted by Gasteiger charge is 2.15. The number of hydrogen-bond donors (Lipinski definition) is 3. The van der Waals surface area contributed by atoms with Crippen LogP contribution in [0.25, 0.3) is 0 Å². The van der Waals surface area contributed by atoms with Crippen molar-refractivity contribution in [1.29, 1.82) is 0 Å². The molecule has 3 N–H and O–H groups in total. The van der Waals surface area contributed by atoms with Gasteiger partial charge in [0, 0.05) is 19.5 Å². The number of amides is 2. The van der Waals surface area contributed by atoms with Crippen molar-refractivity contribution in [3.8, 4) is 0 Å². The zero-order valence-electron chi connectivity index (χ0n) is 12.5. The molecule has 5 nitrogen and oxygen atoms in total. The molecule has 1 fully saturated rings. The molecule has 0 aromatic heterocycles. The monoisotopic (exact) mass is 284 g/mol. The van der Waals surface area contributed by atoms with Gasteiger partial charge in [0.25, 0.3) is 0 Å². The molecule has 1 saturated carbocycles. The van der Waals surface area contributed by atoms with Gasteiger partial charge in [0.2, 0.25) is 0 Å². The summed E-state index contributed by atoms with van der Waals surface area (Å²) >= 11 is 0. The Balaban J connectivity index is 2.05. The molecule has 0 aromatic carbocycles. The van der Waals surface area contributed by atoms with Crippen molar-refractivity contribution in [1.82, 2.24) is 10.6 Å². The van der Waals surface area contributed by atoms with Crippen LogP contribution in [0.2, 0.25) is 0 Å². The fourth-order valence-electron chi connectivity index (χ4n) is 2.78. The Hall–Kier alpha value is -1.26. The summed E-state index contributed by atoms with van der Waals surface area (Å²) in [6, 6.07) is -0.0926. The summed E-state index contributed by atoms with van der Waals surface area (Å²) in [5, 5.41) is 14.4. The second kappa shape index (κ2) is 9.61. The van der Waals surface area contributed by atoms with Gasteiger partial charge in [-0.05, 0) is 37.5 Å². The number of carboxylic acids is 1. The minimum atomic E-state index is -0.745. The minimum absolute atomic E-state index is 0.0926. The van der Waals surface area contributed by atoms with Gasteiger partial charge in [-0.1, -0.05) is 26.2 Å². The maximum atomic E-state index is 11.6. The minimum Gasteiger partial charge on any atom is -0.481 e. The van der Waals surface area contributed by atoms with Crippen molar-refractivity contribution >= 4 is 12.0 Å². The fourth-order valence-corrected chi connectivity index (χ4v) is 2.78. The Morgan fingerprint density at radius 2 is 1.90 bits per heavy atom. The number of aliphatic carboxylic acids is 1. The van der Waals surface area contributed by atoms with Crippen LogP contribution >= 0.6 is 0 Å². The lowest BCUT2D eigenvalue weighted by atomic mass is 9.97. The van der Waals surface area contributed by atoms with Crippen molar-refractivity contribution in [3.05, 3.63) is 0 Å². The molecule has 5 heteroatoms. The molecular formula is C15H28N2O3. The maximum absolute atomic E-state index is 11.6. The van der Waals surface area contributed by atoms with Crippen LogP contribution < -0.4 is 10.6 Å². The lowest BCUT2D eigenvalue weighted by Crippen LogP contribution is -2.38. The first-order valence-electron chi connectivity index (χ1n) is 7.85. The smallest absolute Gasteiger partial charge is 0.314 e. The molecule has 1 rings (SSSR count). The molecule has 0 saturated heterocycles. The molecule has 0 aliphatic heterocycles. The van der Waals surface area contributed by atoms with E-state index in [1.807, 2.05) is 0 Å². The summed E-state index contributed by atoms with van der Waals surface area (Å²) in [5.74, 6) is 0.284. The van der Waals surface area contributed by atoms with E-state index >= 15 is 0 Å². The number of urea groups is 1. The van der Waals surface area contributed by atoms with E-state index in [4.69, 9.17) is 5.11 Å². The lowest BCUT2D eigenvalue weighted by molar-refractivity contribution is -0.137. The highest BCUT2D eigenvalue weighted by Crippen LogP contribution is 2.23. The molecule has 0 radical (unpaired) electrons. The average Bonchev–Trinajstić information content (AvgIpc) is 2.93. The first-order valence-corrected chi connectivity index (χ1v) is 7.85. The van der Waals surface area contributed by atoms with Crippen LogP contribution in [0.5, 0.6) is 0 Å².